The molecule has 130 valence electrons. The molecule has 1 N–H and O–H groups in total. The van der Waals surface area contributed by atoms with Gasteiger partial charge in [0.15, 0.2) is 0 Å². The minimum atomic E-state index is 0.769. The number of anilines is 1. The van der Waals surface area contributed by atoms with Crippen molar-refractivity contribution in [2.75, 3.05) is 5.32 Å². The van der Waals surface area contributed by atoms with Gasteiger partial charge >= 0.3 is 0 Å². The molecule has 0 unspecified atom stereocenters. The summed E-state index contributed by atoms with van der Waals surface area (Å²) in [4.78, 5) is 0. The number of nitrogens with one attached hydrogen (secondary N) is 1. The first-order chi connectivity index (χ1) is 12.6. The zero-order chi connectivity index (χ0) is 18.1. The Labute approximate surface area is 154 Å². The third kappa shape index (κ3) is 3.08. The minimum absolute atomic E-state index is 0.769. The van der Waals surface area contributed by atoms with Crippen LogP contribution in [0.4, 0.5) is 5.82 Å². The minimum Gasteiger partial charge on any atom is -0.366 e. The highest BCUT2D eigenvalue weighted by atomic mass is 15.3. The number of pyridine rings is 1. The Morgan fingerprint density at radius 3 is 2.42 bits per heavy atom. The van der Waals surface area contributed by atoms with E-state index in [1.165, 1.54) is 33.4 Å². The molecule has 3 nitrogen and oxygen atoms in total. The van der Waals surface area contributed by atoms with Crippen molar-refractivity contribution in [2.24, 2.45) is 0 Å². The second-order valence-corrected chi connectivity index (χ2v) is 6.91. The van der Waals surface area contributed by atoms with Crippen LogP contribution in [-0.2, 0) is 6.54 Å². The molecule has 0 aliphatic rings. The summed E-state index contributed by atoms with van der Waals surface area (Å²) >= 11 is 0. The van der Waals surface area contributed by atoms with Crippen molar-refractivity contribution in [3.63, 3.8) is 0 Å². The normalized spacial score (nSPS) is 11.0. The quantitative estimate of drug-likeness (QED) is 0.528. The summed E-state index contributed by atoms with van der Waals surface area (Å²) in [5.41, 5.74) is 8.60. The molecule has 0 bridgehead atoms. The van der Waals surface area contributed by atoms with Gasteiger partial charge in [-0.15, -0.1) is 0 Å². The van der Waals surface area contributed by atoms with Crippen LogP contribution in [0.1, 0.15) is 22.3 Å². The van der Waals surface area contributed by atoms with Crippen LogP contribution in [0.3, 0.4) is 0 Å². The molecular formula is C23H23N3. The third-order valence-electron chi connectivity index (χ3n) is 4.86. The van der Waals surface area contributed by atoms with Gasteiger partial charge in [0.1, 0.15) is 5.82 Å². The summed E-state index contributed by atoms with van der Waals surface area (Å²) in [5, 5.41) is 8.12. The van der Waals surface area contributed by atoms with Crippen LogP contribution in [0.2, 0.25) is 0 Å². The molecule has 0 radical (unpaired) electrons. The molecule has 0 saturated carbocycles. The van der Waals surface area contributed by atoms with Gasteiger partial charge in [-0.05, 0) is 60.7 Å². The molecule has 4 rings (SSSR count). The largest absolute Gasteiger partial charge is 0.366 e. The van der Waals surface area contributed by atoms with Crippen molar-refractivity contribution in [1.29, 1.82) is 0 Å². The number of hydrogen-bond donors (Lipinski definition) is 1. The number of nitrogens with zero attached hydrogens (tertiary/aromatic N) is 2. The second-order valence-electron chi connectivity index (χ2n) is 6.91. The van der Waals surface area contributed by atoms with E-state index in [4.69, 9.17) is 0 Å². The van der Waals surface area contributed by atoms with Crippen molar-refractivity contribution in [3.8, 4) is 11.1 Å². The van der Waals surface area contributed by atoms with Crippen LogP contribution >= 0.6 is 0 Å². The van der Waals surface area contributed by atoms with Crippen LogP contribution in [0.25, 0.3) is 16.6 Å². The van der Waals surface area contributed by atoms with Gasteiger partial charge in [-0.3, -0.25) is 0 Å². The molecule has 0 spiro atoms. The van der Waals surface area contributed by atoms with Gasteiger partial charge in [-0.25, -0.2) is 4.52 Å². The van der Waals surface area contributed by atoms with Gasteiger partial charge in [-0.2, -0.15) is 5.10 Å². The molecule has 0 aliphatic carbocycles. The van der Waals surface area contributed by atoms with E-state index in [1.54, 1.807) is 0 Å². The molecule has 26 heavy (non-hydrogen) atoms. The predicted molar refractivity (Wildman–Crippen MR) is 109 cm³/mol. The zero-order valence-corrected chi connectivity index (χ0v) is 15.5. The molecule has 0 atom stereocenters. The van der Waals surface area contributed by atoms with Crippen molar-refractivity contribution in [1.82, 2.24) is 9.61 Å². The van der Waals surface area contributed by atoms with E-state index >= 15 is 0 Å². The summed E-state index contributed by atoms with van der Waals surface area (Å²) in [7, 11) is 0. The van der Waals surface area contributed by atoms with Gasteiger partial charge in [0.25, 0.3) is 0 Å². The number of fused-ring (bicyclic) bond motifs is 1. The number of benzene rings is 2. The Morgan fingerprint density at radius 2 is 1.65 bits per heavy atom. The van der Waals surface area contributed by atoms with Crippen LogP contribution < -0.4 is 5.32 Å². The van der Waals surface area contributed by atoms with Crippen LogP contribution in [0.5, 0.6) is 0 Å². The highest BCUT2D eigenvalue weighted by molar-refractivity contribution is 5.76. The molecule has 2 heterocycles. The van der Waals surface area contributed by atoms with Crippen molar-refractivity contribution in [2.45, 2.75) is 27.3 Å². The number of aryl methyl sites for hydroxylation is 3. The molecule has 0 saturated heterocycles. The summed E-state index contributed by atoms with van der Waals surface area (Å²) < 4.78 is 1.99. The first-order valence-electron chi connectivity index (χ1n) is 8.95. The Balaban J connectivity index is 1.75. The van der Waals surface area contributed by atoms with E-state index in [2.05, 4.69) is 91.9 Å². The Hall–Kier alpha value is -3.07. The number of aromatic nitrogens is 2. The summed E-state index contributed by atoms with van der Waals surface area (Å²) in [6.45, 7) is 7.14. The van der Waals surface area contributed by atoms with Gasteiger partial charge in [0, 0.05) is 6.54 Å². The smallest absolute Gasteiger partial charge is 0.129 e. The maximum atomic E-state index is 4.56. The Bertz CT molecular complexity index is 1060. The number of rotatable bonds is 4. The molecule has 0 aliphatic heterocycles. The monoisotopic (exact) mass is 341 g/mol. The lowest BCUT2D eigenvalue weighted by molar-refractivity contribution is 0.944. The van der Waals surface area contributed by atoms with Crippen LogP contribution in [0.15, 0.2) is 66.9 Å². The summed E-state index contributed by atoms with van der Waals surface area (Å²) in [6, 6.07) is 21.5. The Morgan fingerprint density at radius 1 is 0.885 bits per heavy atom. The molecule has 2 aromatic heterocycles. The standard InChI is InChI=1S/C23H23N3/c1-16-8-10-19(11-9-16)15-24-23-13-20(21-7-5-4-6-17(21)2)12-22-18(3)14-25-26(22)23/h4-14,24H,15H2,1-3H3. The highest BCUT2D eigenvalue weighted by Crippen LogP contribution is 2.29. The first-order valence-corrected chi connectivity index (χ1v) is 8.95. The van der Waals surface area contributed by atoms with Gasteiger partial charge in [0.05, 0.1) is 11.7 Å². The van der Waals surface area contributed by atoms with Crippen molar-refractivity contribution >= 4 is 11.3 Å². The first kappa shape index (κ1) is 16.4. The molecular weight excluding hydrogens is 318 g/mol. The van der Waals surface area contributed by atoms with E-state index < -0.39 is 0 Å². The lowest BCUT2D eigenvalue weighted by atomic mass is 10.0. The average molecular weight is 341 g/mol. The van der Waals surface area contributed by atoms with E-state index in [1.807, 2.05) is 10.7 Å². The maximum Gasteiger partial charge on any atom is 0.129 e. The van der Waals surface area contributed by atoms with E-state index in [0.717, 1.165) is 17.9 Å². The SMILES string of the molecule is Cc1ccc(CNc2cc(-c3ccccc3C)cc3c(C)cnn23)cc1. The second kappa shape index (κ2) is 6.68. The molecule has 0 fully saturated rings. The van der Waals surface area contributed by atoms with Gasteiger partial charge in [0.2, 0.25) is 0 Å². The van der Waals surface area contributed by atoms with E-state index in [9.17, 15) is 0 Å². The fourth-order valence-electron chi connectivity index (χ4n) is 3.28. The fraction of sp³-hybridized carbons (Fsp3) is 0.174. The molecule has 3 heteroatoms. The molecule has 0 amide bonds. The van der Waals surface area contributed by atoms with Crippen LogP contribution in [0, 0.1) is 20.8 Å². The van der Waals surface area contributed by atoms with Crippen molar-refractivity contribution < 1.29 is 0 Å². The topological polar surface area (TPSA) is 29.3 Å². The maximum absolute atomic E-state index is 4.56. The van der Waals surface area contributed by atoms with Crippen molar-refractivity contribution in [3.05, 3.63) is 89.1 Å². The van der Waals surface area contributed by atoms with Gasteiger partial charge < -0.3 is 5.32 Å². The zero-order valence-electron chi connectivity index (χ0n) is 15.5. The lowest BCUT2D eigenvalue weighted by Gasteiger charge is -2.13. The summed E-state index contributed by atoms with van der Waals surface area (Å²) in [6.07, 6.45) is 1.92. The van der Waals surface area contributed by atoms with Gasteiger partial charge in [-0.1, -0.05) is 54.1 Å². The van der Waals surface area contributed by atoms with E-state index in [0.29, 0.717) is 0 Å². The van der Waals surface area contributed by atoms with E-state index in [-0.39, 0.29) is 0 Å². The number of hydrogen-bond acceptors (Lipinski definition) is 2. The molecule has 2 aromatic carbocycles. The Kier molecular flexibility index (Phi) is 4.21. The van der Waals surface area contributed by atoms with Crippen LogP contribution in [-0.4, -0.2) is 9.61 Å². The lowest BCUT2D eigenvalue weighted by Crippen LogP contribution is -2.05. The molecule has 4 aromatic rings. The summed E-state index contributed by atoms with van der Waals surface area (Å²) in [5.74, 6) is 1.01. The predicted octanol–water partition coefficient (Wildman–Crippen LogP) is 5.54. The average Bonchev–Trinajstić information content (AvgIpc) is 3.02. The third-order valence-corrected chi connectivity index (χ3v) is 4.86. The highest BCUT2D eigenvalue weighted by Gasteiger charge is 2.10. The fourth-order valence-corrected chi connectivity index (χ4v) is 3.28.